The quantitative estimate of drug-likeness (QED) is 0.183. The first kappa shape index (κ1) is 33.4. The van der Waals surface area contributed by atoms with Gasteiger partial charge in [-0.1, -0.05) is 0 Å². The van der Waals surface area contributed by atoms with Gasteiger partial charge < -0.3 is 14.4 Å². The Labute approximate surface area is 273 Å². The lowest BCUT2D eigenvalue weighted by atomic mass is 9.97. The Morgan fingerprint density at radius 2 is 1.62 bits per heavy atom. The van der Waals surface area contributed by atoms with Crippen LogP contribution in [0, 0.1) is 13.8 Å². The number of alkyl halides is 7. The van der Waals surface area contributed by atoms with Crippen molar-refractivity contribution in [2.24, 2.45) is 0 Å². The molecule has 2 saturated heterocycles. The van der Waals surface area contributed by atoms with Crippen LogP contribution in [0.1, 0.15) is 46.1 Å². The van der Waals surface area contributed by atoms with E-state index in [2.05, 4.69) is 19.9 Å². The molecule has 5 heterocycles. The number of amides is 1. The highest BCUT2D eigenvalue weighted by Gasteiger charge is 2.44. The summed E-state index contributed by atoms with van der Waals surface area (Å²) in [5.74, 6) is 0.366. The monoisotopic (exact) mass is 696 g/mol. The average Bonchev–Trinajstić information content (AvgIpc) is 3.50. The first-order valence-corrected chi connectivity index (χ1v) is 15.4. The predicted octanol–water partition coefficient (Wildman–Crippen LogP) is 7.57. The maximum Gasteiger partial charge on any atom is 0.416 e. The minimum atomic E-state index is -5.08. The van der Waals surface area contributed by atoms with E-state index in [0.29, 0.717) is 28.8 Å². The van der Waals surface area contributed by atoms with E-state index < -0.39 is 53.5 Å². The lowest BCUT2D eigenvalue weighted by Crippen LogP contribution is -2.49. The Balaban J connectivity index is 1.41. The second-order valence-electron chi connectivity index (χ2n) is 11.5. The molecular formula is C31H27F7N6O3S. The van der Waals surface area contributed by atoms with Gasteiger partial charge in [-0.2, -0.15) is 26.3 Å². The van der Waals surface area contributed by atoms with E-state index in [1.165, 1.54) is 31.6 Å². The molecule has 2 fully saturated rings. The number of hydrogen-bond acceptors (Lipinski definition) is 9. The second-order valence-corrected chi connectivity index (χ2v) is 12.7. The maximum atomic E-state index is 13.7. The molecule has 1 aromatic carbocycles. The molecule has 4 aromatic rings. The summed E-state index contributed by atoms with van der Waals surface area (Å²) in [6.45, 7) is 4.98. The van der Waals surface area contributed by atoms with E-state index in [1.807, 2.05) is 13.8 Å². The van der Waals surface area contributed by atoms with Crippen molar-refractivity contribution in [2.75, 3.05) is 25.1 Å². The van der Waals surface area contributed by atoms with E-state index in [9.17, 15) is 35.5 Å². The highest BCUT2D eigenvalue weighted by molar-refractivity contribution is 7.15. The standard InChI is InChI=1S/C31H27F7N6O3S/c1-14-26(48-16(3)41-14)18-7-22(27(46-4)39-9-18)23-10-40-28(43-11-21(32)12-43)42-24(23)13-44-15(2)25(47-29(44)45)17-5-19(30(33,34)35)8-20(6-17)31(36,37)38/h5-10,15,21,25H,11-13H2,1-4H3. The second kappa shape index (κ2) is 12.2. The van der Waals surface area contributed by atoms with Gasteiger partial charge in [-0.15, -0.1) is 11.3 Å². The smallest absolute Gasteiger partial charge is 0.416 e. The van der Waals surface area contributed by atoms with Crippen molar-refractivity contribution in [1.82, 2.24) is 24.8 Å². The fraction of sp³-hybridized carbons (Fsp3) is 0.387. The molecule has 0 radical (unpaired) electrons. The number of pyridine rings is 1. The summed E-state index contributed by atoms with van der Waals surface area (Å²) in [5, 5.41) is 0.841. The number of carbonyl (C=O) groups is 1. The van der Waals surface area contributed by atoms with Gasteiger partial charge in [-0.25, -0.2) is 29.1 Å². The SMILES string of the molecule is COc1ncc(-c2sc(C)nc2C)cc1-c1cnc(N2CC(F)C2)nc1CN1C(=O)OC(c2cc(C(F)(F)F)cc(C(F)(F)F)c2)C1C. The summed E-state index contributed by atoms with van der Waals surface area (Å²) in [6.07, 6.45) is -10.6. The van der Waals surface area contributed by atoms with Gasteiger partial charge in [0.2, 0.25) is 11.8 Å². The van der Waals surface area contributed by atoms with Gasteiger partial charge in [0.15, 0.2) is 0 Å². The van der Waals surface area contributed by atoms with Gasteiger partial charge in [0.25, 0.3) is 0 Å². The number of thiazole rings is 1. The lowest BCUT2D eigenvalue weighted by molar-refractivity contribution is -0.143. The van der Waals surface area contributed by atoms with Crippen LogP contribution in [-0.4, -0.2) is 63.3 Å². The van der Waals surface area contributed by atoms with Gasteiger partial charge in [-0.05, 0) is 50.6 Å². The van der Waals surface area contributed by atoms with Crippen molar-refractivity contribution in [2.45, 2.75) is 58.0 Å². The van der Waals surface area contributed by atoms with Crippen molar-refractivity contribution in [1.29, 1.82) is 0 Å². The molecule has 0 saturated carbocycles. The van der Waals surface area contributed by atoms with Gasteiger partial charge in [0.1, 0.15) is 12.3 Å². The molecular weight excluding hydrogens is 669 g/mol. The van der Waals surface area contributed by atoms with Crippen LogP contribution in [0.2, 0.25) is 0 Å². The van der Waals surface area contributed by atoms with Crippen LogP contribution < -0.4 is 9.64 Å². The Bertz CT molecular complexity index is 1840. The first-order valence-electron chi connectivity index (χ1n) is 14.5. The van der Waals surface area contributed by atoms with Crippen LogP contribution in [0.15, 0.2) is 36.7 Å². The molecule has 0 bridgehead atoms. The summed E-state index contributed by atoms with van der Waals surface area (Å²) in [4.78, 5) is 34.8. The van der Waals surface area contributed by atoms with Crippen LogP contribution in [0.4, 0.5) is 41.5 Å². The highest BCUT2D eigenvalue weighted by Crippen LogP contribution is 2.42. The Morgan fingerprint density at radius 3 is 2.19 bits per heavy atom. The van der Waals surface area contributed by atoms with Crippen LogP contribution in [0.5, 0.6) is 5.88 Å². The molecule has 2 aliphatic heterocycles. The summed E-state index contributed by atoms with van der Waals surface area (Å²) in [6, 6.07) is 1.87. The molecule has 0 spiro atoms. The molecule has 1 amide bonds. The molecule has 17 heteroatoms. The zero-order valence-corrected chi connectivity index (χ0v) is 26.6. The Hall–Kier alpha value is -4.54. The van der Waals surface area contributed by atoms with Crippen molar-refractivity contribution in [3.8, 4) is 27.4 Å². The number of benzene rings is 1. The van der Waals surface area contributed by atoms with Crippen LogP contribution in [0.3, 0.4) is 0 Å². The van der Waals surface area contributed by atoms with Gasteiger partial charge in [0.05, 0.1) is 65.2 Å². The van der Waals surface area contributed by atoms with Gasteiger partial charge >= 0.3 is 18.4 Å². The number of aromatic nitrogens is 4. The fourth-order valence-corrected chi connectivity index (χ4v) is 6.59. The molecule has 0 N–H and O–H groups in total. The maximum absolute atomic E-state index is 13.7. The van der Waals surface area contributed by atoms with Crippen LogP contribution >= 0.6 is 11.3 Å². The third-order valence-corrected chi connectivity index (χ3v) is 9.25. The normalized spacial score (nSPS) is 18.7. The molecule has 48 heavy (non-hydrogen) atoms. The molecule has 2 atom stereocenters. The van der Waals surface area contributed by atoms with Crippen LogP contribution in [-0.2, 0) is 23.6 Å². The van der Waals surface area contributed by atoms with Crippen molar-refractivity contribution in [3.63, 3.8) is 0 Å². The number of methoxy groups -OCH3 is 1. The number of ether oxygens (including phenoxy) is 2. The number of aryl methyl sites for hydroxylation is 2. The lowest BCUT2D eigenvalue weighted by Gasteiger charge is -2.34. The Kier molecular flexibility index (Phi) is 8.46. The number of anilines is 1. The number of rotatable bonds is 7. The average molecular weight is 697 g/mol. The molecule has 2 aliphatic rings. The molecule has 9 nitrogen and oxygen atoms in total. The topological polar surface area (TPSA) is 93.6 Å². The summed E-state index contributed by atoms with van der Waals surface area (Å²) < 4.78 is 106. The van der Waals surface area contributed by atoms with E-state index in [-0.39, 0.29) is 43.2 Å². The number of cyclic esters (lactones) is 1. The van der Waals surface area contributed by atoms with Gasteiger partial charge in [-0.3, -0.25) is 4.90 Å². The first-order chi connectivity index (χ1) is 22.5. The molecule has 3 aromatic heterocycles. The minimum absolute atomic E-state index is 0.0137. The third kappa shape index (κ3) is 6.34. The summed E-state index contributed by atoms with van der Waals surface area (Å²) in [5.41, 5.74) is -0.962. The number of hydrogen-bond donors (Lipinski definition) is 0. The van der Waals surface area contributed by atoms with Crippen molar-refractivity contribution < 1.29 is 45.0 Å². The largest absolute Gasteiger partial charge is 0.481 e. The predicted molar refractivity (Wildman–Crippen MR) is 160 cm³/mol. The molecule has 6 rings (SSSR count). The van der Waals surface area contributed by atoms with Crippen LogP contribution in [0.25, 0.3) is 21.6 Å². The van der Waals surface area contributed by atoms with Gasteiger partial charge in [0, 0.05) is 29.1 Å². The highest BCUT2D eigenvalue weighted by atomic mass is 32.1. The fourth-order valence-electron chi connectivity index (χ4n) is 5.69. The van der Waals surface area contributed by atoms with E-state index in [4.69, 9.17) is 9.47 Å². The van der Waals surface area contributed by atoms with E-state index in [0.717, 1.165) is 20.5 Å². The summed E-state index contributed by atoms with van der Waals surface area (Å²) in [7, 11) is 1.42. The number of nitrogens with zero attached hydrogens (tertiary/aromatic N) is 6. The number of halogens is 7. The third-order valence-electron chi connectivity index (χ3n) is 8.13. The Morgan fingerprint density at radius 1 is 0.958 bits per heavy atom. The van der Waals surface area contributed by atoms with Crippen molar-refractivity contribution in [3.05, 3.63) is 69.7 Å². The van der Waals surface area contributed by atoms with Crippen molar-refractivity contribution >= 4 is 23.4 Å². The molecule has 254 valence electrons. The minimum Gasteiger partial charge on any atom is -0.481 e. The zero-order chi connectivity index (χ0) is 34.7. The van der Waals surface area contributed by atoms with E-state index in [1.54, 1.807) is 17.2 Å². The van der Waals surface area contributed by atoms with E-state index >= 15 is 0 Å². The zero-order valence-electron chi connectivity index (χ0n) is 25.8. The summed E-state index contributed by atoms with van der Waals surface area (Å²) >= 11 is 1.46. The molecule has 0 aliphatic carbocycles. The molecule has 2 unspecified atom stereocenters. The number of carbonyl (C=O) groups excluding carboxylic acids is 1.